The van der Waals surface area contributed by atoms with Crippen molar-refractivity contribution >= 4 is 5.97 Å². The van der Waals surface area contributed by atoms with Crippen molar-refractivity contribution in [3.8, 4) is 11.5 Å². The van der Waals surface area contributed by atoms with Gasteiger partial charge in [-0.3, -0.25) is 0 Å². The van der Waals surface area contributed by atoms with Gasteiger partial charge in [0.25, 0.3) is 0 Å². The van der Waals surface area contributed by atoms with E-state index < -0.39 is 5.97 Å². The maximum absolute atomic E-state index is 11.3. The molecular formula is C18H20O3. The van der Waals surface area contributed by atoms with Crippen LogP contribution in [0.2, 0.25) is 0 Å². The van der Waals surface area contributed by atoms with Gasteiger partial charge >= 0.3 is 5.97 Å². The molecule has 0 aromatic heterocycles. The highest BCUT2D eigenvalue weighted by molar-refractivity contribution is 5.91. The fraction of sp³-hybridized carbons (Fsp3) is 0.278. The molecule has 110 valence electrons. The lowest BCUT2D eigenvalue weighted by Crippen LogP contribution is -2.02. The van der Waals surface area contributed by atoms with Crippen LogP contribution in [0.4, 0.5) is 0 Å². The van der Waals surface area contributed by atoms with Crippen LogP contribution >= 0.6 is 0 Å². The number of benzene rings is 2. The van der Waals surface area contributed by atoms with Crippen LogP contribution in [0.1, 0.15) is 46.8 Å². The van der Waals surface area contributed by atoms with Crippen molar-refractivity contribution in [3.63, 3.8) is 0 Å². The second kappa shape index (κ2) is 6.00. The lowest BCUT2D eigenvalue weighted by Gasteiger charge is -2.15. The highest BCUT2D eigenvalue weighted by atomic mass is 16.5. The lowest BCUT2D eigenvalue weighted by molar-refractivity contribution is 0.0694. The van der Waals surface area contributed by atoms with E-state index in [2.05, 4.69) is 19.9 Å². The van der Waals surface area contributed by atoms with Gasteiger partial charge in [-0.25, -0.2) is 4.79 Å². The number of aryl methyl sites for hydroxylation is 2. The van der Waals surface area contributed by atoms with Crippen molar-refractivity contribution in [1.29, 1.82) is 0 Å². The summed E-state index contributed by atoms with van der Waals surface area (Å²) >= 11 is 0. The van der Waals surface area contributed by atoms with E-state index in [1.54, 1.807) is 12.1 Å². The molecule has 2 aromatic carbocycles. The number of para-hydroxylation sites is 1. The Kier molecular flexibility index (Phi) is 4.32. The van der Waals surface area contributed by atoms with Gasteiger partial charge in [-0.1, -0.05) is 38.1 Å². The van der Waals surface area contributed by atoms with Gasteiger partial charge in [-0.15, -0.1) is 0 Å². The molecule has 0 unspecified atom stereocenters. The van der Waals surface area contributed by atoms with E-state index in [0.717, 1.165) is 11.1 Å². The maximum atomic E-state index is 11.3. The van der Waals surface area contributed by atoms with Gasteiger partial charge in [0.05, 0.1) is 0 Å². The Bertz CT molecular complexity index is 672. The van der Waals surface area contributed by atoms with E-state index in [0.29, 0.717) is 17.4 Å². The lowest BCUT2D eigenvalue weighted by atomic mass is 10.0. The van der Waals surface area contributed by atoms with Crippen molar-refractivity contribution in [2.45, 2.75) is 33.6 Å². The number of hydrogen-bond acceptors (Lipinski definition) is 2. The number of ether oxygens (including phenoxy) is 1. The van der Waals surface area contributed by atoms with E-state index in [1.807, 2.05) is 32.0 Å². The molecule has 0 atom stereocenters. The molecule has 0 aliphatic carbocycles. The summed E-state index contributed by atoms with van der Waals surface area (Å²) in [5.74, 6) is 0.530. The highest BCUT2D eigenvalue weighted by Gasteiger charge is 2.15. The van der Waals surface area contributed by atoms with Gasteiger partial charge in [0.2, 0.25) is 0 Å². The molecule has 0 saturated heterocycles. The minimum atomic E-state index is -0.980. The van der Waals surface area contributed by atoms with Crippen molar-refractivity contribution in [3.05, 3.63) is 58.7 Å². The fourth-order valence-electron chi connectivity index (χ4n) is 2.15. The first-order valence-electron chi connectivity index (χ1n) is 7.01. The Morgan fingerprint density at radius 2 is 1.81 bits per heavy atom. The molecule has 1 N–H and O–H groups in total. The third kappa shape index (κ3) is 3.24. The van der Waals surface area contributed by atoms with Crippen LogP contribution < -0.4 is 4.74 Å². The van der Waals surface area contributed by atoms with Gasteiger partial charge in [0.1, 0.15) is 17.1 Å². The largest absolute Gasteiger partial charge is 0.478 e. The third-order valence-corrected chi connectivity index (χ3v) is 3.53. The number of carboxylic acids is 1. The summed E-state index contributed by atoms with van der Waals surface area (Å²) in [6, 6.07) is 11.2. The van der Waals surface area contributed by atoms with Gasteiger partial charge in [0, 0.05) is 0 Å². The second-order valence-electron chi connectivity index (χ2n) is 5.54. The summed E-state index contributed by atoms with van der Waals surface area (Å²) in [5, 5.41) is 9.30. The molecule has 3 heteroatoms. The zero-order valence-electron chi connectivity index (χ0n) is 12.8. The van der Waals surface area contributed by atoms with Crippen LogP contribution in [0.5, 0.6) is 11.5 Å². The molecule has 0 heterocycles. The standard InChI is InChI=1S/C18H20O3/c1-11(2)14-9-8-12(3)16(10-14)21-17-13(4)6-5-7-15(17)18(19)20/h5-11H,1-4H3,(H,19,20). The van der Waals surface area contributed by atoms with Crippen LogP contribution in [-0.4, -0.2) is 11.1 Å². The smallest absolute Gasteiger partial charge is 0.339 e. The Morgan fingerprint density at radius 3 is 2.43 bits per heavy atom. The van der Waals surface area contributed by atoms with Gasteiger partial charge in [0.15, 0.2) is 0 Å². The summed E-state index contributed by atoms with van der Waals surface area (Å²) in [4.78, 5) is 11.3. The summed E-state index contributed by atoms with van der Waals surface area (Å²) in [5.41, 5.74) is 3.15. The highest BCUT2D eigenvalue weighted by Crippen LogP contribution is 2.32. The summed E-state index contributed by atoms with van der Waals surface area (Å²) < 4.78 is 5.94. The van der Waals surface area contributed by atoms with Crippen molar-refractivity contribution < 1.29 is 14.6 Å². The molecule has 0 saturated carbocycles. The average molecular weight is 284 g/mol. The topological polar surface area (TPSA) is 46.5 Å². The van der Waals surface area contributed by atoms with Crippen LogP contribution in [0.15, 0.2) is 36.4 Å². The maximum Gasteiger partial charge on any atom is 0.339 e. The van der Waals surface area contributed by atoms with Gasteiger partial charge in [-0.05, 0) is 48.6 Å². The molecule has 0 fully saturated rings. The van der Waals surface area contributed by atoms with Crippen LogP contribution in [0, 0.1) is 13.8 Å². The van der Waals surface area contributed by atoms with Crippen molar-refractivity contribution in [2.75, 3.05) is 0 Å². The SMILES string of the molecule is Cc1ccc(C(C)C)cc1Oc1c(C)cccc1C(=O)O. The molecule has 0 spiro atoms. The molecule has 0 bridgehead atoms. The molecule has 0 aliphatic rings. The number of carboxylic acid groups (broad SMARTS) is 1. The van der Waals surface area contributed by atoms with E-state index in [-0.39, 0.29) is 5.56 Å². The molecular weight excluding hydrogens is 264 g/mol. The first-order valence-corrected chi connectivity index (χ1v) is 7.01. The Labute approximate surface area is 125 Å². The Morgan fingerprint density at radius 1 is 1.10 bits per heavy atom. The first-order chi connectivity index (χ1) is 9.90. The molecule has 3 nitrogen and oxygen atoms in total. The molecule has 2 aromatic rings. The van der Waals surface area contributed by atoms with Crippen molar-refractivity contribution in [1.82, 2.24) is 0 Å². The quantitative estimate of drug-likeness (QED) is 0.867. The molecule has 0 amide bonds. The monoisotopic (exact) mass is 284 g/mol. The summed E-state index contributed by atoms with van der Waals surface area (Å²) in [6.07, 6.45) is 0. The summed E-state index contributed by atoms with van der Waals surface area (Å²) in [6.45, 7) is 8.04. The van der Waals surface area contributed by atoms with Crippen LogP contribution in [0.25, 0.3) is 0 Å². The minimum Gasteiger partial charge on any atom is -0.478 e. The molecule has 2 rings (SSSR count). The Balaban J connectivity index is 2.48. The number of rotatable bonds is 4. The third-order valence-electron chi connectivity index (χ3n) is 3.53. The van der Waals surface area contributed by atoms with E-state index >= 15 is 0 Å². The zero-order chi connectivity index (χ0) is 15.6. The van der Waals surface area contributed by atoms with Crippen LogP contribution in [-0.2, 0) is 0 Å². The van der Waals surface area contributed by atoms with E-state index in [1.165, 1.54) is 5.56 Å². The second-order valence-corrected chi connectivity index (χ2v) is 5.54. The van der Waals surface area contributed by atoms with Gasteiger partial charge < -0.3 is 9.84 Å². The fourth-order valence-corrected chi connectivity index (χ4v) is 2.15. The number of hydrogen-bond donors (Lipinski definition) is 1. The average Bonchev–Trinajstić information content (AvgIpc) is 2.42. The summed E-state index contributed by atoms with van der Waals surface area (Å²) in [7, 11) is 0. The molecule has 0 aliphatic heterocycles. The zero-order valence-corrected chi connectivity index (χ0v) is 12.8. The Hall–Kier alpha value is -2.29. The van der Waals surface area contributed by atoms with Gasteiger partial charge in [-0.2, -0.15) is 0 Å². The molecule has 0 radical (unpaired) electrons. The predicted octanol–water partition coefficient (Wildman–Crippen LogP) is 4.92. The minimum absolute atomic E-state index is 0.185. The normalized spacial score (nSPS) is 10.7. The molecule has 21 heavy (non-hydrogen) atoms. The first kappa shape index (κ1) is 15.1. The predicted molar refractivity (Wildman–Crippen MR) is 83.5 cm³/mol. The number of aromatic carboxylic acids is 1. The van der Waals surface area contributed by atoms with E-state index in [9.17, 15) is 9.90 Å². The van der Waals surface area contributed by atoms with Crippen LogP contribution in [0.3, 0.4) is 0 Å². The van der Waals surface area contributed by atoms with E-state index in [4.69, 9.17) is 4.74 Å². The van der Waals surface area contributed by atoms with Crippen molar-refractivity contribution in [2.24, 2.45) is 0 Å². The number of carbonyl (C=O) groups is 1.